The Bertz CT molecular complexity index is 1530. The number of H-pyrrole nitrogens is 1. The number of nitrogens with zero attached hydrogens (tertiary/aromatic N) is 3. The molecule has 2 aliphatic heterocycles. The lowest BCUT2D eigenvalue weighted by molar-refractivity contribution is -0.146. The Morgan fingerprint density at radius 1 is 0.815 bits per heavy atom. The van der Waals surface area contributed by atoms with Gasteiger partial charge in [-0.25, -0.2) is 24.2 Å². The standard InChI is InChI=1S/C20H31NO5Si.C14H17NO5.C3H4N2.CH4.FH/c1-20(2,3)27(5,6)26-16-12-17(18(22)24-4)21(13-16)19(23)25-14-15-10-8-7-9-11-15;1-19-13(17)12-7-11(16)8-15(12)14(18)20-9-10-5-3-2-4-6-10;1-2-5-3-4-1;;/h7-11,16-17H,12-14H2,1-6H3;2-6,11-12,16H,7-9H2,1H3;1-3H,(H,4,5);1H4;1H/t16-,17-;11-,12-;;;/m00.../s1. The molecular weight excluding hydrogens is 720 g/mol. The van der Waals surface area contributed by atoms with Gasteiger partial charge in [-0.05, 0) is 29.3 Å². The molecule has 0 unspecified atom stereocenters. The maximum atomic E-state index is 12.6. The second kappa shape index (κ2) is 22.4. The summed E-state index contributed by atoms with van der Waals surface area (Å²) in [6, 6.07) is 17.2. The number of hydrogen-bond donors (Lipinski definition) is 2. The predicted octanol–water partition coefficient (Wildman–Crippen LogP) is 6.09. The summed E-state index contributed by atoms with van der Waals surface area (Å²) in [5.41, 5.74) is 1.75. The Kier molecular flexibility index (Phi) is 19.6. The van der Waals surface area contributed by atoms with Crippen LogP contribution in [0, 0.1) is 0 Å². The second-order valence-electron chi connectivity index (χ2n) is 13.8. The molecule has 16 heteroatoms. The molecule has 2 N–H and O–H groups in total. The van der Waals surface area contributed by atoms with Crippen LogP contribution >= 0.6 is 0 Å². The molecule has 2 saturated heterocycles. The van der Waals surface area contributed by atoms with Crippen LogP contribution in [-0.4, -0.2) is 109 Å². The summed E-state index contributed by atoms with van der Waals surface area (Å²) in [4.78, 5) is 57.4. The molecule has 3 heterocycles. The number of aromatic amines is 1. The number of carbonyl (C=O) groups excluding carboxylic acids is 4. The van der Waals surface area contributed by atoms with Crippen LogP contribution in [0.1, 0.15) is 52.2 Å². The molecule has 300 valence electrons. The number of halogens is 1. The van der Waals surface area contributed by atoms with E-state index in [9.17, 15) is 24.3 Å². The molecule has 2 fully saturated rings. The maximum absolute atomic E-state index is 12.6. The van der Waals surface area contributed by atoms with E-state index in [1.807, 2.05) is 60.7 Å². The minimum Gasteiger partial charge on any atom is -0.467 e. The van der Waals surface area contributed by atoms with Gasteiger partial charge >= 0.3 is 24.1 Å². The average Bonchev–Trinajstić information content (AvgIpc) is 3.92. The molecule has 2 aromatic carbocycles. The van der Waals surface area contributed by atoms with Crippen LogP contribution in [0.5, 0.6) is 0 Å². The van der Waals surface area contributed by atoms with Crippen LogP contribution in [0.2, 0.25) is 18.1 Å². The summed E-state index contributed by atoms with van der Waals surface area (Å²) in [6.07, 6.45) is 3.62. The van der Waals surface area contributed by atoms with Crippen molar-refractivity contribution in [2.75, 3.05) is 27.3 Å². The first-order valence-corrected chi connectivity index (χ1v) is 20.0. The third kappa shape index (κ3) is 14.2. The van der Waals surface area contributed by atoms with E-state index in [2.05, 4.69) is 48.6 Å². The molecule has 0 spiro atoms. The van der Waals surface area contributed by atoms with Crippen molar-refractivity contribution in [3.8, 4) is 0 Å². The van der Waals surface area contributed by atoms with Crippen LogP contribution in [0.15, 0.2) is 79.4 Å². The summed E-state index contributed by atoms with van der Waals surface area (Å²) >= 11 is 0. The highest BCUT2D eigenvalue weighted by Gasteiger charge is 2.46. The van der Waals surface area contributed by atoms with Crippen LogP contribution in [0.4, 0.5) is 14.3 Å². The van der Waals surface area contributed by atoms with Crippen molar-refractivity contribution in [2.24, 2.45) is 0 Å². The van der Waals surface area contributed by atoms with E-state index >= 15 is 0 Å². The highest BCUT2D eigenvalue weighted by molar-refractivity contribution is 6.74. The number of methoxy groups -OCH3 is 2. The first-order chi connectivity index (χ1) is 24.7. The van der Waals surface area contributed by atoms with E-state index < -0.39 is 50.6 Å². The fourth-order valence-corrected chi connectivity index (χ4v) is 6.59. The van der Waals surface area contributed by atoms with Gasteiger partial charge in [0.25, 0.3) is 0 Å². The highest BCUT2D eigenvalue weighted by atomic mass is 28.4. The summed E-state index contributed by atoms with van der Waals surface area (Å²) < 4.78 is 26.5. The third-order valence-electron chi connectivity index (χ3n) is 9.04. The predicted molar refractivity (Wildman–Crippen MR) is 203 cm³/mol. The number of benzene rings is 2. The van der Waals surface area contributed by atoms with Gasteiger partial charge in [0.15, 0.2) is 8.32 Å². The Morgan fingerprint density at radius 2 is 1.28 bits per heavy atom. The lowest BCUT2D eigenvalue weighted by atomic mass is 10.2. The quantitative estimate of drug-likeness (QED) is 0.154. The first-order valence-electron chi connectivity index (χ1n) is 17.1. The molecule has 5 rings (SSSR count). The van der Waals surface area contributed by atoms with Gasteiger partial charge in [0.1, 0.15) is 25.3 Å². The zero-order chi connectivity index (χ0) is 38.3. The summed E-state index contributed by atoms with van der Waals surface area (Å²) in [7, 11) is 0.571. The van der Waals surface area contributed by atoms with E-state index in [-0.39, 0.29) is 49.5 Å². The number of aliphatic hydroxyl groups is 1. The summed E-state index contributed by atoms with van der Waals surface area (Å²) in [6.45, 7) is 11.5. The van der Waals surface area contributed by atoms with Crippen LogP contribution in [0.25, 0.3) is 0 Å². The number of β-amino-alcohol motifs (C(OH)–C–C–N with tert-alkyl or cyclic N) is 1. The Hall–Kier alpha value is -4.80. The van der Waals surface area contributed by atoms with Crippen molar-refractivity contribution in [3.05, 3.63) is 90.5 Å². The Balaban J connectivity index is 0.000000474. The Morgan fingerprint density at radius 3 is 1.67 bits per heavy atom. The van der Waals surface area contributed by atoms with Gasteiger partial charge in [-0.2, -0.15) is 0 Å². The SMILES string of the molecule is C.COC(=O)[C@@H]1C[C@H](O)CN1C(=O)OCc1ccccc1.COC(=O)[C@@H]1C[C@H](O[Si](C)(C)C(C)(C)C)CN1C(=O)OCc1ccccc1.F.c1c[nH]cn1. The van der Waals surface area contributed by atoms with Gasteiger partial charge in [0.05, 0.1) is 39.3 Å². The summed E-state index contributed by atoms with van der Waals surface area (Å²) in [5, 5.41) is 9.64. The molecule has 2 amide bonds. The van der Waals surface area contributed by atoms with E-state index in [1.54, 1.807) is 18.7 Å². The lowest BCUT2D eigenvalue weighted by Crippen LogP contribution is -2.45. The molecule has 0 radical (unpaired) electrons. The monoisotopic (exact) mass is 776 g/mol. The van der Waals surface area contributed by atoms with Gasteiger partial charge in [-0.15, -0.1) is 0 Å². The molecular formula is C38H57FN4O10Si. The van der Waals surface area contributed by atoms with Gasteiger partial charge in [0, 0.05) is 31.8 Å². The van der Waals surface area contributed by atoms with Gasteiger partial charge in [0.2, 0.25) is 0 Å². The smallest absolute Gasteiger partial charge is 0.410 e. The zero-order valence-electron chi connectivity index (χ0n) is 31.4. The molecule has 4 atom stereocenters. The minimum absolute atomic E-state index is 0. The minimum atomic E-state index is -2.01. The number of carbonyl (C=O) groups is 4. The first kappa shape index (κ1) is 47.2. The average molecular weight is 777 g/mol. The fraction of sp³-hybridized carbons (Fsp3) is 0.500. The van der Waals surface area contributed by atoms with E-state index in [0.29, 0.717) is 13.0 Å². The zero-order valence-corrected chi connectivity index (χ0v) is 32.4. The number of ether oxygens (including phenoxy) is 4. The van der Waals surface area contributed by atoms with Crippen LogP contribution < -0.4 is 0 Å². The van der Waals surface area contributed by atoms with Crippen molar-refractivity contribution in [2.45, 2.75) is 96.7 Å². The summed E-state index contributed by atoms with van der Waals surface area (Å²) in [5.74, 6) is -0.980. The number of aromatic nitrogens is 2. The topological polar surface area (TPSA) is 170 Å². The number of rotatable bonds is 8. The molecule has 0 bridgehead atoms. The molecule has 0 aliphatic carbocycles. The fourth-order valence-electron chi connectivity index (χ4n) is 5.23. The van der Waals surface area contributed by atoms with Crippen molar-refractivity contribution in [3.63, 3.8) is 0 Å². The third-order valence-corrected chi connectivity index (χ3v) is 13.6. The van der Waals surface area contributed by atoms with Crippen molar-refractivity contribution in [1.82, 2.24) is 19.8 Å². The highest BCUT2D eigenvalue weighted by Crippen LogP contribution is 2.39. The number of amides is 2. The molecule has 3 aromatic rings. The number of hydrogen-bond acceptors (Lipinski definition) is 11. The van der Waals surface area contributed by atoms with Crippen molar-refractivity contribution >= 4 is 32.4 Å². The number of aliphatic hydroxyl groups excluding tert-OH is 1. The lowest BCUT2D eigenvalue weighted by Gasteiger charge is -2.38. The number of esters is 2. The molecule has 14 nitrogen and oxygen atoms in total. The molecule has 2 aliphatic rings. The maximum Gasteiger partial charge on any atom is 0.410 e. The number of nitrogens with one attached hydrogen (secondary N) is 1. The van der Waals surface area contributed by atoms with Crippen molar-refractivity contribution in [1.29, 1.82) is 0 Å². The number of imidazole rings is 1. The molecule has 1 aromatic heterocycles. The normalized spacial score (nSPS) is 19.0. The van der Waals surface area contributed by atoms with Gasteiger partial charge in [-0.1, -0.05) is 88.9 Å². The van der Waals surface area contributed by atoms with Gasteiger partial charge < -0.3 is 33.5 Å². The van der Waals surface area contributed by atoms with Crippen molar-refractivity contribution < 1.29 is 52.4 Å². The second-order valence-corrected chi connectivity index (χ2v) is 18.6. The van der Waals surface area contributed by atoms with Crippen LogP contribution in [0.3, 0.4) is 0 Å². The van der Waals surface area contributed by atoms with E-state index in [4.69, 9.17) is 18.6 Å². The van der Waals surface area contributed by atoms with Crippen LogP contribution in [-0.2, 0) is 46.2 Å². The van der Waals surface area contributed by atoms with Gasteiger partial charge in [-0.3, -0.25) is 14.5 Å². The molecule has 54 heavy (non-hydrogen) atoms. The molecule has 0 saturated carbocycles. The van der Waals surface area contributed by atoms with E-state index in [0.717, 1.165) is 11.1 Å². The Labute approximate surface area is 318 Å². The number of likely N-dealkylation sites (tertiary alicyclic amines) is 2. The largest absolute Gasteiger partial charge is 0.467 e. The van der Waals surface area contributed by atoms with E-state index in [1.165, 1.54) is 24.0 Å².